The lowest BCUT2D eigenvalue weighted by Crippen LogP contribution is -2.32. The van der Waals surface area contributed by atoms with Crippen LogP contribution < -0.4 is 0 Å². The fourth-order valence-electron chi connectivity index (χ4n) is 4.55. The van der Waals surface area contributed by atoms with Crippen molar-refractivity contribution >= 4 is 33.6 Å². The topological polar surface area (TPSA) is 58.1 Å². The second-order valence-electron chi connectivity index (χ2n) is 7.64. The quantitative estimate of drug-likeness (QED) is 0.523. The number of likely N-dealkylation sites (tertiary alicyclic amines) is 1. The van der Waals surface area contributed by atoms with E-state index >= 15 is 0 Å². The van der Waals surface area contributed by atoms with Gasteiger partial charge >= 0.3 is 0 Å². The Morgan fingerprint density at radius 3 is 2.62 bits per heavy atom. The van der Waals surface area contributed by atoms with Gasteiger partial charge in [-0.05, 0) is 36.6 Å². The largest absolute Gasteiger partial charge is 0.361 e. The van der Waals surface area contributed by atoms with Crippen molar-refractivity contribution in [3.63, 3.8) is 0 Å². The minimum absolute atomic E-state index is 0.0751. The molecule has 0 radical (unpaired) electrons. The number of aryl methyl sites for hydroxylation is 1. The maximum atomic E-state index is 13.2. The van der Waals surface area contributed by atoms with E-state index in [2.05, 4.69) is 28.6 Å². The van der Waals surface area contributed by atoms with Crippen molar-refractivity contribution in [3.8, 4) is 0 Å². The van der Waals surface area contributed by atoms with Gasteiger partial charge in [0.15, 0.2) is 0 Å². The molecule has 3 heterocycles. The van der Waals surface area contributed by atoms with Gasteiger partial charge in [0, 0.05) is 53.7 Å². The Kier molecular flexibility index (Phi) is 4.23. The Morgan fingerprint density at radius 1 is 1.03 bits per heavy atom. The summed E-state index contributed by atoms with van der Waals surface area (Å²) in [5.41, 5.74) is 4.29. The summed E-state index contributed by atoms with van der Waals surface area (Å²) in [7, 11) is 0. The van der Waals surface area contributed by atoms with E-state index in [1.165, 1.54) is 4.90 Å². The third-order valence-corrected chi connectivity index (χ3v) is 6.06. The van der Waals surface area contributed by atoms with Crippen LogP contribution in [0.1, 0.15) is 30.4 Å². The molecule has 4 aromatic rings. The molecule has 1 aliphatic heterocycles. The highest BCUT2D eigenvalue weighted by atomic mass is 16.2. The summed E-state index contributed by atoms with van der Waals surface area (Å²) < 4.78 is 2.15. The number of rotatable bonds is 5. The van der Waals surface area contributed by atoms with E-state index < -0.39 is 0 Å². The highest BCUT2D eigenvalue weighted by molar-refractivity contribution is 6.08. The zero-order valence-corrected chi connectivity index (χ0v) is 16.4. The fraction of sp³-hybridized carbons (Fsp3) is 0.250. The molecule has 1 atom stereocenters. The number of amides is 2. The van der Waals surface area contributed by atoms with Gasteiger partial charge in [0.05, 0.1) is 5.92 Å². The van der Waals surface area contributed by atoms with Crippen molar-refractivity contribution in [1.82, 2.24) is 14.5 Å². The lowest BCUT2D eigenvalue weighted by atomic mass is 9.97. The number of aromatic nitrogens is 2. The molecule has 0 unspecified atom stereocenters. The van der Waals surface area contributed by atoms with Gasteiger partial charge in [-0.3, -0.25) is 14.5 Å². The summed E-state index contributed by atoms with van der Waals surface area (Å²) in [5.74, 6) is -0.537. The predicted octanol–water partition coefficient (Wildman–Crippen LogP) is 4.23. The van der Waals surface area contributed by atoms with Crippen molar-refractivity contribution in [2.45, 2.75) is 32.2 Å². The Bertz CT molecular complexity index is 1230. The Labute approximate surface area is 168 Å². The van der Waals surface area contributed by atoms with Crippen LogP contribution in [0.25, 0.3) is 21.8 Å². The van der Waals surface area contributed by atoms with E-state index in [0.29, 0.717) is 13.0 Å². The van der Waals surface area contributed by atoms with E-state index in [0.717, 1.165) is 39.5 Å². The molecule has 1 fully saturated rings. The SMILES string of the molecule is CCn1cc([C@H]2CC(=O)N(CCc3c[nH]c4ccccc34)C2=O)c2ccccc21. The smallest absolute Gasteiger partial charge is 0.237 e. The number of aromatic amines is 1. The summed E-state index contributed by atoms with van der Waals surface area (Å²) in [5, 5.41) is 2.22. The minimum atomic E-state index is -0.386. The van der Waals surface area contributed by atoms with Crippen LogP contribution in [0.5, 0.6) is 0 Å². The molecule has 1 aliphatic rings. The number of hydrogen-bond donors (Lipinski definition) is 1. The van der Waals surface area contributed by atoms with Crippen molar-refractivity contribution in [3.05, 3.63) is 72.1 Å². The number of fused-ring (bicyclic) bond motifs is 2. The fourth-order valence-corrected chi connectivity index (χ4v) is 4.55. The molecule has 0 spiro atoms. The number of para-hydroxylation sites is 2. The molecule has 0 bridgehead atoms. The number of hydrogen-bond acceptors (Lipinski definition) is 2. The molecular formula is C24H23N3O2. The number of nitrogens with zero attached hydrogens (tertiary/aromatic N) is 2. The van der Waals surface area contributed by atoms with Crippen LogP contribution in [-0.4, -0.2) is 32.8 Å². The Balaban J connectivity index is 1.40. The van der Waals surface area contributed by atoms with Gasteiger partial charge < -0.3 is 9.55 Å². The molecular weight excluding hydrogens is 362 g/mol. The van der Waals surface area contributed by atoms with Crippen LogP contribution in [0, 0.1) is 0 Å². The second kappa shape index (κ2) is 6.92. The van der Waals surface area contributed by atoms with Gasteiger partial charge in [0.1, 0.15) is 0 Å². The molecule has 1 N–H and O–H groups in total. The average molecular weight is 385 g/mol. The van der Waals surface area contributed by atoms with Gasteiger partial charge in [-0.2, -0.15) is 0 Å². The van der Waals surface area contributed by atoms with Crippen LogP contribution in [0.3, 0.4) is 0 Å². The second-order valence-corrected chi connectivity index (χ2v) is 7.64. The van der Waals surface area contributed by atoms with Gasteiger partial charge in [0.25, 0.3) is 0 Å². The van der Waals surface area contributed by atoms with Gasteiger partial charge in [-0.15, -0.1) is 0 Å². The molecule has 0 saturated carbocycles. The highest BCUT2D eigenvalue weighted by Gasteiger charge is 2.40. The number of nitrogens with one attached hydrogen (secondary N) is 1. The van der Waals surface area contributed by atoms with E-state index in [-0.39, 0.29) is 24.2 Å². The minimum Gasteiger partial charge on any atom is -0.361 e. The standard InChI is InChI=1S/C24H23N3O2/c1-2-26-15-20(18-8-4-6-10-22(18)26)19-13-23(28)27(24(19)29)12-11-16-14-25-21-9-5-3-7-17(16)21/h3-10,14-15,19,25H,2,11-13H2,1H3/t19-/m1/s1. The number of carbonyl (C=O) groups excluding carboxylic acids is 2. The monoisotopic (exact) mass is 385 g/mol. The molecule has 5 rings (SSSR count). The Hall–Kier alpha value is -3.34. The van der Waals surface area contributed by atoms with E-state index in [9.17, 15) is 9.59 Å². The van der Waals surface area contributed by atoms with Crippen LogP contribution in [0.15, 0.2) is 60.9 Å². The highest BCUT2D eigenvalue weighted by Crippen LogP contribution is 2.35. The van der Waals surface area contributed by atoms with Crippen molar-refractivity contribution in [1.29, 1.82) is 0 Å². The molecule has 2 amide bonds. The van der Waals surface area contributed by atoms with E-state index in [1.54, 1.807) is 0 Å². The molecule has 1 saturated heterocycles. The Morgan fingerprint density at radius 2 is 1.79 bits per heavy atom. The van der Waals surface area contributed by atoms with Crippen molar-refractivity contribution in [2.24, 2.45) is 0 Å². The molecule has 2 aromatic carbocycles. The average Bonchev–Trinajstić information content (AvgIpc) is 3.41. The third-order valence-electron chi connectivity index (χ3n) is 6.06. The lowest BCUT2D eigenvalue weighted by Gasteiger charge is -2.14. The van der Waals surface area contributed by atoms with E-state index in [4.69, 9.17) is 0 Å². The third kappa shape index (κ3) is 2.85. The summed E-state index contributed by atoms with van der Waals surface area (Å²) in [4.78, 5) is 30.6. The zero-order chi connectivity index (χ0) is 20.0. The van der Waals surface area contributed by atoms with Gasteiger partial charge in [-0.1, -0.05) is 36.4 Å². The van der Waals surface area contributed by atoms with Gasteiger partial charge in [0.2, 0.25) is 11.8 Å². The zero-order valence-electron chi connectivity index (χ0n) is 16.4. The van der Waals surface area contributed by atoms with Gasteiger partial charge in [-0.25, -0.2) is 0 Å². The van der Waals surface area contributed by atoms with Crippen LogP contribution in [-0.2, 0) is 22.6 Å². The maximum absolute atomic E-state index is 13.2. The summed E-state index contributed by atoms with van der Waals surface area (Å²) in [6.07, 6.45) is 4.93. The summed E-state index contributed by atoms with van der Waals surface area (Å²) in [6, 6.07) is 16.2. The molecule has 29 heavy (non-hydrogen) atoms. The first-order valence-corrected chi connectivity index (χ1v) is 10.1. The van der Waals surface area contributed by atoms with Crippen molar-refractivity contribution < 1.29 is 9.59 Å². The van der Waals surface area contributed by atoms with Crippen LogP contribution in [0.4, 0.5) is 0 Å². The maximum Gasteiger partial charge on any atom is 0.237 e. The molecule has 0 aliphatic carbocycles. The molecule has 146 valence electrons. The first kappa shape index (κ1) is 17.7. The molecule has 5 heteroatoms. The number of benzene rings is 2. The summed E-state index contributed by atoms with van der Waals surface area (Å²) in [6.45, 7) is 3.34. The predicted molar refractivity (Wildman–Crippen MR) is 114 cm³/mol. The van der Waals surface area contributed by atoms with E-state index in [1.807, 2.05) is 48.8 Å². The number of carbonyl (C=O) groups is 2. The number of H-pyrrole nitrogens is 1. The van der Waals surface area contributed by atoms with Crippen LogP contribution >= 0.6 is 0 Å². The first-order valence-electron chi connectivity index (χ1n) is 10.1. The summed E-state index contributed by atoms with van der Waals surface area (Å²) >= 11 is 0. The van der Waals surface area contributed by atoms with Crippen molar-refractivity contribution in [2.75, 3.05) is 6.54 Å². The number of imide groups is 1. The van der Waals surface area contributed by atoms with Crippen LogP contribution in [0.2, 0.25) is 0 Å². The normalized spacial score (nSPS) is 17.1. The molecule has 5 nitrogen and oxygen atoms in total. The first-order chi connectivity index (χ1) is 14.2. The lowest BCUT2D eigenvalue weighted by molar-refractivity contribution is -0.138. The molecule has 2 aromatic heterocycles.